The number of carbonyl (C=O) groups is 1. The maximum atomic E-state index is 12.5. The fourth-order valence-corrected chi connectivity index (χ4v) is 4.21. The van der Waals surface area contributed by atoms with Crippen LogP contribution < -0.4 is 5.01 Å². The molecule has 0 saturated carbocycles. The van der Waals surface area contributed by atoms with Crippen molar-refractivity contribution in [1.82, 2.24) is 0 Å². The molecule has 0 fully saturated rings. The van der Waals surface area contributed by atoms with Crippen molar-refractivity contribution >= 4 is 23.3 Å². The van der Waals surface area contributed by atoms with E-state index in [4.69, 9.17) is 5.10 Å². The van der Waals surface area contributed by atoms with Gasteiger partial charge in [0.1, 0.15) is 0 Å². The van der Waals surface area contributed by atoms with Gasteiger partial charge in [0.05, 0.1) is 17.4 Å². The first-order chi connectivity index (χ1) is 16.7. The Bertz CT molecular complexity index is 1320. The summed E-state index contributed by atoms with van der Waals surface area (Å²) in [6.45, 7) is 2.02. The maximum Gasteiger partial charge on any atom is 0.185 e. The zero-order valence-corrected chi connectivity index (χ0v) is 19.1. The van der Waals surface area contributed by atoms with Gasteiger partial charge in [-0.1, -0.05) is 109 Å². The number of hydrogen-bond acceptors (Lipinski definition) is 3. The Balaban J connectivity index is 1.39. The average molecular weight is 443 g/mol. The Morgan fingerprint density at radius 2 is 1.47 bits per heavy atom. The molecule has 4 aromatic carbocycles. The highest BCUT2D eigenvalue weighted by molar-refractivity contribution is 6.07. The Morgan fingerprint density at radius 3 is 2.15 bits per heavy atom. The van der Waals surface area contributed by atoms with Crippen LogP contribution in [-0.2, 0) is 0 Å². The summed E-state index contributed by atoms with van der Waals surface area (Å²) in [4.78, 5) is 12.5. The van der Waals surface area contributed by atoms with Crippen LogP contribution in [0.4, 0.5) is 5.69 Å². The predicted molar refractivity (Wildman–Crippen MR) is 140 cm³/mol. The van der Waals surface area contributed by atoms with E-state index in [0.717, 1.165) is 34.5 Å². The molecule has 1 heterocycles. The Labute approximate surface area is 200 Å². The van der Waals surface area contributed by atoms with Gasteiger partial charge in [0.15, 0.2) is 5.78 Å². The SMILES string of the molecule is Cc1ccc(C(=O)C=Cc2ccc(N3N=C(c4ccccc4)CC3c3ccccc3)cc2)cc1. The number of hydrazone groups is 1. The molecule has 0 saturated heterocycles. The van der Waals surface area contributed by atoms with Crippen molar-refractivity contribution in [2.45, 2.75) is 19.4 Å². The molecule has 0 amide bonds. The van der Waals surface area contributed by atoms with Gasteiger partial charge in [-0.25, -0.2) is 0 Å². The molecule has 0 aromatic heterocycles. The molecule has 34 heavy (non-hydrogen) atoms. The van der Waals surface area contributed by atoms with Gasteiger partial charge in [-0.05, 0) is 41.8 Å². The van der Waals surface area contributed by atoms with Gasteiger partial charge in [-0.3, -0.25) is 9.80 Å². The van der Waals surface area contributed by atoms with Crippen LogP contribution in [0.15, 0.2) is 120 Å². The molecule has 0 N–H and O–H groups in total. The largest absolute Gasteiger partial charge is 0.289 e. The molecular formula is C31H26N2O. The molecule has 0 radical (unpaired) electrons. The van der Waals surface area contributed by atoms with Crippen LogP contribution in [0.5, 0.6) is 0 Å². The Morgan fingerprint density at radius 1 is 0.824 bits per heavy atom. The Hall–Kier alpha value is -4.24. The van der Waals surface area contributed by atoms with Crippen LogP contribution in [0, 0.1) is 6.92 Å². The van der Waals surface area contributed by atoms with Crippen molar-refractivity contribution in [3.63, 3.8) is 0 Å². The molecule has 3 nitrogen and oxygen atoms in total. The van der Waals surface area contributed by atoms with Gasteiger partial charge in [0.2, 0.25) is 0 Å². The molecule has 1 aliphatic rings. The number of allylic oxidation sites excluding steroid dienone is 1. The normalized spacial score (nSPS) is 15.5. The fraction of sp³-hybridized carbons (Fsp3) is 0.0968. The third-order valence-electron chi connectivity index (χ3n) is 6.12. The van der Waals surface area contributed by atoms with E-state index >= 15 is 0 Å². The standard InChI is InChI=1S/C31H26N2O/c1-23-12-17-27(18-13-23)31(34)21-16-24-14-19-28(20-15-24)33-30(26-10-6-3-7-11-26)22-29(32-33)25-8-4-2-5-9-25/h2-21,30H,22H2,1H3. The van der Waals surface area contributed by atoms with E-state index in [1.807, 2.05) is 61.5 Å². The zero-order valence-electron chi connectivity index (χ0n) is 19.1. The van der Waals surface area contributed by atoms with E-state index in [1.165, 1.54) is 5.56 Å². The highest BCUT2D eigenvalue weighted by Crippen LogP contribution is 2.36. The summed E-state index contributed by atoms with van der Waals surface area (Å²) in [7, 11) is 0. The summed E-state index contributed by atoms with van der Waals surface area (Å²) in [6.07, 6.45) is 4.35. The number of anilines is 1. The van der Waals surface area contributed by atoms with Crippen LogP contribution in [0.1, 0.15) is 45.1 Å². The minimum atomic E-state index is 0.00450. The molecule has 0 aliphatic carbocycles. The molecule has 1 atom stereocenters. The molecule has 5 rings (SSSR count). The van der Waals surface area contributed by atoms with E-state index < -0.39 is 0 Å². The molecule has 0 spiro atoms. The number of benzene rings is 4. The lowest BCUT2D eigenvalue weighted by molar-refractivity contribution is 0.104. The summed E-state index contributed by atoms with van der Waals surface area (Å²) in [5, 5.41) is 7.13. The number of ketones is 1. The number of aryl methyl sites for hydroxylation is 1. The molecule has 166 valence electrons. The van der Waals surface area contributed by atoms with Gasteiger partial charge >= 0.3 is 0 Å². The van der Waals surface area contributed by atoms with Gasteiger partial charge in [0, 0.05) is 12.0 Å². The number of rotatable bonds is 6. The predicted octanol–water partition coefficient (Wildman–Crippen LogP) is 7.25. The number of carbonyl (C=O) groups excluding carboxylic acids is 1. The minimum Gasteiger partial charge on any atom is -0.289 e. The lowest BCUT2D eigenvalue weighted by atomic mass is 9.98. The van der Waals surface area contributed by atoms with E-state index in [0.29, 0.717) is 5.56 Å². The van der Waals surface area contributed by atoms with E-state index in [-0.39, 0.29) is 11.8 Å². The molecule has 3 heteroatoms. The van der Waals surface area contributed by atoms with Gasteiger partial charge < -0.3 is 0 Å². The first kappa shape index (κ1) is 21.6. The third kappa shape index (κ3) is 4.74. The minimum absolute atomic E-state index is 0.00450. The number of hydrogen-bond donors (Lipinski definition) is 0. The molecule has 1 aliphatic heterocycles. The van der Waals surface area contributed by atoms with Crippen LogP contribution in [0.25, 0.3) is 6.08 Å². The van der Waals surface area contributed by atoms with Crippen molar-refractivity contribution in [2.75, 3.05) is 5.01 Å². The van der Waals surface area contributed by atoms with Gasteiger partial charge in [-0.15, -0.1) is 0 Å². The summed E-state index contributed by atoms with van der Waals surface area (Å²) >= 11 is 0. The summed E-state index contributed by atoms with van der Waals surface area (Å²) < 4.78 is 0. The summed E-state index contributed by atoms with van der Waals surface area (Å²) in [6, 6.07) is 36.9. The molecular weight excluding hydrogens is 416 g/mol. The van der Waals surface area contributed by atoms with Gasteiger partial charge in [0.25, 0.3) is 0 Å². The molecule has 4 aromatic rings. The molecule has 0 bridgehead atoms. The second-order valence-electron chi connectivity index (χ2n) is 8.54. The van der Waals surface area contributed by atoms with Crippen LogP contribution in [-0.4, -0.2) is 11.5 Å². The van der Waals surface area contributed by atoms with Crippen LogP contribution in [0.2, 0.25) is 0 Å². The smallest absolute Gasteiger partial charge is 0.185 e. The monoisotopic (exact) mass is 442 g/mol. The van der Waals surface area contributed by atoms with Crippen molar-refractivity contribution in [3.05, 3.63) is 143 Å². The van der Waals surface area contributed by atoms with E-state index in [9.17, 15) is 4.79 Å². The summed E-state index contributed by atoms with van der Waals surface area (Å²) in [5.74, 6) is 0.00450. The quantitative estimate of drug-likeness (QED) is 0.233. The second kappa shape index (κ2) is 9.72. The van der Waals surface area contributed by atoms with E-state index in [1.54, 1.807) is 6.08 Å². The van der Waals surface area contributed by atoms with Crippen LogP contribution in [0.3, 0.4) is 0 Å². The average Bonchev–Trinajstić information content (AvgIpc) is 3.35. The highest BCUT2D eigenvalue weighted by atomic mass is 16.1. The Kier molecular flexibility index (Phi) is 6.17. The van der Waals surface area contributed by atoms with Crippen molar-refractivity contribution in [2.24, 2.45) is 5.10 Å². The van der Waals surface area contributed by atoms with Gasteiger partial charge in [-0.2, -0.15) is 5.10 Å². The third-order valence-corrected chi connectivity index (χ3v) is 6.12. The lowest BCUT2D eigenvalue weighted by Gasteiger charge is -2.24. The van der Waals surface area contributed by atoms with Crippen molar-refractivity contribution in [3.8, 4) is 0 Å². The van der Waals surface area contributed by atoms with Crippen LogP contribution >= 0.6 is 0 Å². The summed E-state index contributed by atoms with van der Waals surface area (Å²) in [5.41, 5.74) is 7.33. The maximum absolute atomic E-state index is 12.5. The highest BCUT2D eigenvalue weighted by Gasteiger charge is 2.29. The first-order valence-corrected chi connectivity index (χ1v) is 11.5. The molecule has 1 unspecified atom stereocenters. The van der Waals surface area contributed by atoms with Crippen molar-refractivity contribution < 1.29 is 4.79 Å². The zero-order chi connectivity index (χ0) is 23.3. The first-order valence-electron chi connectivity index (χ1n) is 11.5. The number of nitrogens with zero attached hydrogens (tertiary/aromatic N) is 2. The topological polar surface area (TPSA) is 32.7 Å². The lowest BCUT2D eigenvalue weighted by Crippen LogP contribution is -2.18. The van der Waals surface area contributed by atoms with E-state index in [2.05, 4.69) is 65.7 Å². The van der Waals surface area contributed by atoms with Crippen molar-refractivity contribution in [1.29, 1.82) is 0 Å². The second-order valence-corrected chi connectivity index (χ2v) is 8.54. The fourth-order valence-electron chi connectivity index (χ4n) is 4.21.